The summed E-state index contributed by atoms with van der Waals surface area (Å²) in [5.41, 5.74) is 0. The fourth-order valence-corrected chi connectivity index (χ4v) is 1.49. The Balaban J connectivity index is -0.000000119. The van der Waals surface area contributed by atoms with E-state index in [4.69, 9.17) is 58.0 Å². The number of alkyl halides is 4. The smallest absolute Gasteiger partial charge is 0.254 e. The Morgan fingerprint density at radius 2 is 0.960 bits per heavy atom. The second-order valence-electron chi connectivity index (χ2n) is 5.14. The maximum atomic E-state index is 10.2. The van der Waals surface area contributed by atoms with E-state index < -0.39 is 14.9 Å². The molecule has 0 radical (unpaired) electrons. The molecule has 25 heavy (non-hydrogen) atoms. The number of hydrogen-bond acceptors (Lipinski definition) is 2. The molecule has 0 N–H and O–H groups in total. The highest BCUT2D eigenvalue weighted by Gasteiger charge is 2.06. The van der Waals surface area contributed by atoms with Gasteiger partial charge in [0.2, 0.25) is 0 Å². The lowest BCUT2D eigenvalue weighted by Gasteiger charge is -1.91. The minimum Gasteiger partial charge on any atom is -0.297 e. The van der Waals surface area contributed by atoms with Crippen LogP contribution in [0.5, 0.6) is 0 Å². The van der Waals surface area contributed by atoms with Crippen LogP contribution in [0.15, 0.2) is 0 Å². The summed E-state index contributed by atoms with van der Waals surface area (Å²) in [5.74, 6) is -0.122. The van der Waals surface area contributed by atoms with E-state index in [2.05, 4.69) is 27.7 Å². The first-order valence-corrected chi connectivity index (χ1v) is 11.1. The topological polar surface area (TPSA) is 34.1 Å². The molecule has 0 saturated heterocycles. The first kappa shape index (κ1) is 33.4. The number of unbranched alkanes of at least 4 members (excludes halogenated alkanes) is 6. The van der Waals surface area contributed by atoms with Crippen LogP contribution in [0.1, 0.15) is 92.4 Å². The molecule has 0 atom stereocenters. The van der Waals surface area contributed by atoms with Gasteiger partial charge in [0.05, 0.1) is 0 Å². The second-order valence-corrected chi connectivity index (χ2v) is 7.70. The van der Waals surface area contributed by atoms with Crippen molar-refractivity contribution in [1.82, 2.24) is 0 Å². The molecular weight excluding hydrogens is 425 g/mol. The van der Waals surface area contributed by atoms with Crippen LogP contribution in [0.4, 0.5) is 0 Å². The fraction of sp³-hybridized carbons (Fsp3) is 0.889. The minimum absolute atomic E-state index is 0.122. The SMILES string of the molecule is CCC(=O)C(Cl)Cl.CCCCC.CCCCCCC.O=C(Cl)C(Cl)Cl. The molecule has 0 fully saturated rings. The highest BCUT2D eigenvalue weighted by atomic mass is 35.5. The molecule has 0 aliphatic heterocycles. The largest absolute Gasteiger partial charge is 0.297 e. The number of hydrogen-bond donors (Lipinski definition) is 0. The molecule has 0 aromatic rings. The third-order valence-electron chi connectivity index (χ3n) is 2.68. The van der Waals surface area contributed by atoms with Crippen LogP contribution in [-0.2, 0) is 9.59 Å². The molecule has 0 rings (SSSR count). The molecule has 0 bridgehead atoms. The van der Waals surface area contributed by atoms with Crippen LogP contribution >= 0.6 is 58.0 Å². The highest BCUT2D eigenvalue weighted by Crippen LogP contribution is 2.04. The molecule has 0 aliphatic rings. The predicted molar refractivity (Wildman–Crippen MR) is 117 cm³/mol. The maximum Gasteiger partial charge on any atom is 0.254 e. The van der Waals surface area contributed by atoms with Crippen LogP contribution in [0.3, 0.4) is 0 Å². The van der Waals surface area contributed by atoms with Gasteiger partial charge in [0.25, 0.3) is 5.24 Å². The van der Waals surface area contributed by atoms with Crippen molar-refractivity contribution in [3.05, 3.63) is 0 Å². The van der Waals surface area contributed by atoms with Gasteiger partial charge in [-0.05, 0) is 11.6 Å². The lowest BCUT2D eigenvalue weighted by molar-refractivity contribution is -0.117. The zero-order valence-corrected chi connectivity index (χ0v) is 20.0. The van der Waals surface area contributed by atoms with Gasteiger partial charge in [0.15, 0.2) is 15.5 Å². The molecule has 0 aliphatic carbocycles. The summed E-state index contributed by atoms with van der Waals surface area (Å²) in [6.45, 7) is 10.6. The summed E-state index contributed by atoms with van der Waals surface area (Å²) < 4.78 is 0. The molecule has 0 amide bonds. The highest BCUT2D eigenvalue weighted by molar-refractivity contribution is 6.75. The van der Waals surface area contributed by atoms with Crippen LogP contribution < -0.4 is 0 Å². The summed E-state index contributed by atoms with van der Waals surface area (Å²) in [5, 5.41) is -0.738. The van der Waals surface area contributed by atoms with E-state index >= 15 is 0 Å². The zero-order chi connectivity index (χ0) is 20.7. The first-order chi connectivity index (χ1) is 11.7. The van der Waals surface area contributed by atoms with Crippen LogP contribution in [0, 0.1) is 0 Å². The van der Waals surface area contributed by atoms with E-state index in [1.807, 2.05) is 0 Å². The van der Waals surface area contributed by atoms with Gasteiger partial charge in [-0.1, -0.05) is 132 Å². The van der Waals surface area contributed by atoms with E-state index in [9.17, 15) is 9.59 Å². The van der Waals surface area contributed by atoms with E-state index in [1.54, 1.807) is 6.92 Å². The van der Waals surface area contributed by atoms with Crippen LogP contribution in [-0.4, -0.2) is 20.7 Å². The van der Waals surface area contributed by atoms with Gasteiger partial charge in [-0.3, -0.25) is 9.59 Å². The third-order valence-corrected chi connectivity index (χ3v) is 4.00. The molecule has 154 valence electrons. The van der Waals surface area contributed by atoms with Crippen molar-refractivity contribution in [2.24, 2.45) is 0 Å². The monoisotopic (exact) mass is 458 g/mol. The molecule has 7 heteroatoms. The summed E-state index contributed by atoms with van der Waals surface area (Å²) in [6.07, 6.45) is 11.5. The Hall–Kier alpha value is 0.790. The number of carbonyl (C=O) groups excluding carboxylic acids is 2. The fourth-order valence-electron chi connectivity index (χ4n) is 1.18. The van der Waals surface area contributed by atoms with Crippen molar-refractivity contribution < 1.29 is 9.59 Å². The van der Waals surface area contributed by atoms with E-state index in [-0.39, 0.29) is 5.78 Å². The number of halogens is 5. The van der Waals surface area contributed by atoms with Gasteiger partial charge < -0.3 is 0 Å². The summed E-state index contributed by atoms with van der Waals surface area (Å²) in [7, 11) is 0. The van der Waals surface area contributed by atoms with Crippen molar-refractivity contribution in [1.29, 1.82) is 0 Å². The molecule has 0 saturated carbocycles. The Morgan fingerprint density at radius 1 is 0.640 bits per heavy atom. The van der Waals surface area contributed by atoms with Gasteiger partial charge in [-0.25, -0.2) is 0 Å². The van der Waals surface area contributed by atoms with Gasteiger partial charge in [-0.2, -0.15) is 0 Å². The zero-order valence-electron chi connectivity index (χ0n) is 16.2. The number of carbonyl (C=O) groups is 2. The summed E-state index contributed by atoms with van der Waals surface area (Å²) in [6, 6.07) is 0. The standard InChI is InChI=1S/C7H16.C5H12.C4H6Cl2O.C2HCl3O/c1-3-5-7-6-4-2;1-3-5-4-2;1-2-3(7)4(5)6;3-1(4)2(5)6/h3-7H2,1-2H3;3-5H2,1-2H3;4H,2H2,1H3;1H. The van der Waals surface area contributed by atoms with Crippen molar-refractivity contribution in [2.75, 3.05) is 0 Å². The molecule has 0 aromatic heterocycles. The Morgan fingerprint density at radius 3 is 1.04 bits per heavy atom. The number of ketones is 1. The van der Waals surface area contributed by atoms with Gasteiger partial charge in [0.1, 0.15) is 0 Å². The average Bonchev–Trinajstić information content (AvgIpc) is 2.57. The normalized spacial score (nSPS) is 9.28. The summed E-state index contributed by atoms with van der Waals surface area (Å²) in [4.78, 5) is 18.0. The molecular formula is C18H35Cl5O2. The van der Waals surface area contributed by atoms with Crippen LogP contribution in [0.2, 0.25) is 0 Å². The third kappa shape index (κ3) is 45.7. The first-order valence-electron chi connectivity index (χ1n) is 8.94. The molecule has 0 heterocycles. The molecule has 0 spiro atoms. The van der Waals surface area contributed by atoms with E-state index in [0.29, 0.717) is 6.42 Å². The Labute approximate surface area is 180 Å². The lowest BCUT2D eigenvalue weighted by Crippen LogP contribution is -2.04. The van der Waals surface area contributed by atoms with Crippen molar-refractivity contribution >= 4 is 69.0 Å². The van der Waals surface area contributed by atoms with Crippen molar-refractivity contribution in [3.63, 3.8) is 0 Å². The maximum absolute atomic E-state index is 10.2. The molecule has 0 aromatic carbocycles. The molecule has 2 nitrogen and oxygen atoms in total. The number of Topliss-reactive ketones (excluding diaryl/α,β-unsaturated/α-hetero) is 1. The van der Waals surface area contributed by atoms with E-state index in [0.717, 1.165) is 0 Å². The Bertz CT molecular complexity index is 266. The second kappa shape index (κ2) is 29.5. The molecule has 0 unspecified atom stereocenters. The van der Waals surface area contributed by atoms with Gasteiger partial charge in [-0.15, -0.1) is 0 Å². The van der Waals surface area contributed by atoms with E-state index in [1.165, 1.54) is 51.4 Å². The van der Waals surface area contributed by atoms with Gasteiger partial charge in [0, 0.05) is 6.42 Å². The van der Waals surface area contributed by atoms with Crippen LogP contribution in [0.25, 0.3) is 0 Å². The Kier molecular flexibility index (Phi) is 39.5. The predicted octanol–water partition coefficient (Wildman–Crippen LogP) is 8.50. The van der Waals surface area contributed by atoms with Crippen molar-refractivity contribution in [2.45, 2.75) is 102 Å². The van der Waals surface area contributed by atoms with Crippen molar-refractivity contribution in [3.8, 4) is 0 Å². The minimum atomic E-state index is -1.08. The average molecular weight is 461 g/mol. The lowest BCUT2D eigenvalue weighted by atomic mass is 10.2. The quantitative estimate of drug-likeness (QED) is 0.196. The van der Waals surface area contributed by atoms with Gasteiger partial charge >= 0.3 is 0 Å². The summed E-state index contributed by atoms with van der Waals surface area (Å²) >= 11 is 24.8. The number of rotatable bonds is 9.